The minimum Gasteiger partial charge on any atom is -0.411 e. The van der Waals surface area contributed by atoms with Crippen molar-refractivity contribution < 1.29 is 14.0 Å². The second kappa shape index (κ2) is 6.21. The van der Waals surface area contributed by atoms with Crippen LogP contribution >= 0.6 is 11.3 Å². The van der Waals surface area contributed by atoms with Gasteiger partial charge in [-0.05, 0) is 37.3 Å². The summed E-state index contributed by atoms with van der Waals surface area (Å²) in [6.07, 6.45) is 3.28. The van der Waals surface area contributed by atoms with Gasteiger partial charge in [0.2, 0.25) is 0 Å². The van der Waals surface area contributed by atoms with Gasteiger partial charge in [-0.2, -0.15) is 0 Å². The van der Waals surface area contributed by atoms with Crippen molar-refractivity contribution in [1.29, 1.82) is 0 Å². The molecular formula is C16H11F2N3OS. The molecule has 0 saturated heterocycles. The summed E-state index contributed by atoms with van der Waals surface area (Å²) in [5.41, 5.74) is 2.04. The molecule has 0 aliphatic carbocycles. The molecule has 0 radical (unpaired) electrons. The number of oxime groups is 1. The van der Waals surface area contributed by atoms with E-state index in [0.29, 0.717) is 26.9 Å². The van der Waals surface area contributed by atoms with Crippen LogP contribution in [0.3, 0.4) is 0 Å². The van der Waals surface area contributed by atoms with E-state index in [9.17, 15) is 8.78 Å². The summed E-state index contributed by atoms with van der Waals surface area (Å²) in [5.74, 6) is -1.88. The van der Waals surface area contributed by atoms with E-state index < -0.39 is 11.6 Å². The van der Waals surface area contributed by atoms with Crippen molar-refractivity contribution in [2.75, 3.05) is 0 Å². The van der Waals surface area contributed by atoms with Gasteiger partial charge in [0.1, 0.15) is 5.01 Å². The van der Waals surface area contributed by atoms with Crippen molar-refractivity contribution in [3.8, 4) is 21.8 Å². The molecule has 0 unspecified atom stereocenters. The van der Waals surface area contributed by atoms with Gasteiger partial charge in [-0.25, -0.2) is 13.8 Å². The molecule has 1 aromatic carbocycles. The minimum atomic E-state index is -0.953. The zero-order valence-corrected chi connectivity index (χ0v) is 12.8. The van der Waals surface area contributed by atoms with E-state index >= 15 is 0 Å². The third-order valence-electron chi connectivity index (χ3n) is 3.23. The first-order valence-electron chi connectivity index (χ1n) is 6.66. The maximum Gasteiger partial charge on any atom is 0.159 e. The highest BCUT2D eigenvalue weighted by Crippen LogP contribution is 2.34. The molecule has 0 saturated carbocycles. The molecule has 0 fully saturated rings. The lowest BCUT2D eigenvalue weighted by atomic mass is 10.1. The summed E-state index contributed by atoms with van der Waals surface area (Å²) < 4.78 is 26.7. The highest BCUT2D eigenvalue weighted by Gasteiger charge is 2.18. The van der Waals surface area contributed by atoms with Gasteiger partial charge in [-0.1, -0.05) is 5.16 Å². The highest BCUT2D eigenvalue weighted by atomic mass is 32.1. The average molecular weight is 331 g/mol. The molecule has 0 aliphatic heterocycles. The second-order valence-corrected chi connectivity index (χ2v) is 5.75. The molecule has 2 aromatic heterocycles. The SMILES string of the molecule is C/C(=N\O)c1sc(-c2ccncc2)nc1-c1ccc(F)c(F)c1. The fourth-order valence-corrected chi connectivity index (χ4v) is 3.10. The van der Waals surface area contributed by atoms with Crippen molar-refractivity contribution in [3.05, 3.63) is 59.2 Å². The van der Waals surface area contributed by atoms with Crippen molar-refractivity contribution >= 4 is 17.0 Å². The molecule has 0 amide bonds. The van der Waals surface area contributed by atoms with E-state index in [2.05, 4.69) is 15.1 Å². The fraction of sp³-hybridized carbons (Fsp3) is 0.0625. The number of benzene rings is 1. The zero-order valence-electron chi connectivity index (χ0n) is 12.0. The van der Waals surface area contributed by atoms with Crippen LogP contribution in [-0.4, -0.2) is 20.9 Å². The first-order valence-corrected chi connectivity index (χ1v) is 7.47. The molecule has 1 N–H and O–H groups in total. The summed E-state index contributed by atoms with van der Waals surface area (Å²) in [6.45, 7) is 1.62. The van der Waals surface area contributed by atoms with Gasteiger partial charge >= 0.3 is 0 Å². The smallest absolute Gasteiger partial charge is 0.159 e. The molecule has 7 heteroatoms. The van der Waals surface area contributed by atoms with Crippen LogP contribution in [0.4, 0.5) is 8.78 Å². The van der Waals surface area contributed by atoms with Crippen molar-refractivity contribution in [3.63, 3.8) is 0 Å². The normalized spacial score (nSPS) is 11.7. The molecule has 0 aliphatic rings. The van der Waals surface area contributed by atoms with Crippen LogP contribution in [0.25, 0.3) is 21.8 Å². The van der Waals surface area contributed by atoms with Crippen LogP contribution in [0.1, 0.15) is 11.8 Å². The number of hydrogen-bond donors (Lipinski definition) is 1. The van der Waals surface area contributed by atoms with E-state index in [4.69, 9.17) is 5.21 Å². The lowest BCUT2D eigenvalue weighted by Crippen LogP contribution is -1.95. The van der Waals surface area contributed by atoms with Crippen LogP contribution in [0.2, 0.25) is 0 Å². The van der Waals surface area contributed by atoms with Crippen molar-refractivity contribution in [2.24, 2.45) is 5.16 Å². The quantitative estimate of drug-likeness (QED) is 0.441. The first-order chi connectivity index (χ1) is 11.1. The number of aromatic nitrogens is 2. The molecule has 4 nitrogen and oxygen atoms in total. The minimum absolute atomic E-state index is 0.350. The van der Waals surface area contributed by atoms with Crippen LogP contribution in [0, 0.1) is 11.6 Å². The first kappa shape index (κ1) is 15.2. The van der Waals surface area contributed by atoms with E-state index in [1.165, 1.54) is 17.4 Å². The van der Waals surface area contributed by atoms with Gasteiger partial charge in [0, 0.05) is 23.5 Å². The van der Waals surface area contributed by atoms with Crippen LogP contribution < -0.4 is 0 Å². The van der Waals surface area contributed by atoms with E-state index in [-0.39, 0.29) is 0 Å². The van der Waals surface area contributed by atoms with Crippen LogP contribution in [0.5, 0.6) is 0 Å². The van der Waals surface area contributed by atoms with E-state index in [1.54, 1.807) is 31.5 Å². The summed E-state index contributed by atoms with van der Waals surface area (Å²) in [6, 6.07) is 7.16. The Labute approximate surface area is 134 Å². The fourth-order valence-electron chi connectivity index (χ4n) is 2.07. The molecule has 0 bridgehead atoms. The standard InChI is InChI=1S/C16H11F2N3OS/c1-9(21-22)15-14(11-2-3-12(17)13(18)8-11)20-16(23-15)10-4-6-19-7-5-10/h2-8,22H,1H3/b21-9+. The van der Waals surface area contributed by atoms with Gasteiger partial charge < -0.3 is 5.21 Å². The predicted octanol–water partition coefficient (Wildman–Crippen LogP) is 4.35. The zero-order chi connectivity index (χ0) is 16.4. The Bertz CT molecular complexity index is 878. The summed E-state index contributed by atoms with van der Waals surface area (Å²) in [4.78, 5) is 9.04. The van der Waals surface area contributed by atoms with Crippen LogP contribution in [-0.2, 0) is 0 Å². The predicted molar refractivity (Wildman–Crippen MR) is 84.7 cm³/mol. The average Bonchev–Trinajstić information content (AvgIpc) is 3.03. The monoisotopic (exact) mass is 331 g/mol. The van der Waals surface area contributed by atoms with E-state index in [1.807, 2.05) is 0 Å². The molecule has 3 aromatic rings. The molecule has 2 heterocycles. The van der Waals surface area contributed by atoms with Crippen molar-refractivity contribution in [2.45, 2.75) is 6.92 Å². The van der Waals surface area contributed by atoms with Gasteiger partial charge in [-0.15, -0.1) is 11.3 Å². The third-order valence-corrected chi connectivity index (χ3v) is 4.44. The summed E-state index contributed by atoms with van der Waals surface area (Å²) in [7, 11) is 0. The maximum absolute atomic E-state index is 13.5. The number of hydrogen-bond acceptors (Lipinski definition) is 5. The Balaban J connectivity index is 2.18. The largest absolute Gasteiger partial charge is 0.411 e. The maximum atomic E-state index is 13.5. The number of halogens is 2. The van der Waals surface area contributed by atoms with Gasteiger partial charge in [0.15, 0.2) is 11.6 Å². The lowest BCUT2D eigenvalue weighted by molar-refractivity contribution is 0.319. The van der Waals surface area contributed by atoms with Gasteiger partial charge in [0.05, 0.1) is 16.3 Å². The van der Waals surface area contributed by atoms with Crippen LogP contribution in [0.15, 0.2) is 47.9 Å². The molecule has 23 heavy (non-hydrogen) atoms. The number of nitrogens with zero attached hydrogens (tertiary/aromatic N) is 3. The second-order valence-electron chi connectivity index (χ2n) is 4.75. The Morgan fingerprint density at radius 3 is 2.48 bits per heavy atom. The Morgan fingerprint density at radius 2 is 1.83 bits per heavy atom. The Kier molecular flexibility index (Phi) is 4.12. The molecule has 116 valence electrons. The van der Waals surface area contributed by atoms with Gasteiger partial charge in [-0.3, -0.25) is 4.98 Å². The van der Waals surface area contributed by atoms with Crippen molar-refractivity contribution in [1.82, 2.24) is 9.97 Å². The van der Waals surface area contributed by atoms with Gasteiger partial charge in [0.25, 0.3) is 0 Å². The topological polar surface area (TPSA) is 58.4 Å². The lowest BCUT2D eigenvalue weighted by Gasteiger charge is -2.02. The van der Waals surface area contributed by atoms with E-state index in [0.717, 1.165) is 17.7 Å². The molecular weight excluding hydrogens is 320 g/mol. The highest BCUT2D eigenvalue weighted by molar-refractivity contribution is 7.17. The molecule has 0 atom stereocenters. The summed E-state index contributed by atoms with van der Waals surface area (Å²) >= 11 is 1.30. The Morgan fingerprint density at radius 1 is 1.09 bits per heavy atom. The molecule has 3 rings (SSSR count). The number of pyridine rings is 1. The number of rotatable bonds is 3. The Hall–Kier alpha value is -2.67. The third kappa shape index (κ3) is 2.95. The molecule has 0 spiro atoms. The number of thiazole rings is 1. The summed E-state index contributed by atoms with van der Waals surface area (Å²) in [5, 5.41) is 12.9.